The molecule has 0 radical (unpaired) electrons. The van der Waals surface area contributed by atoms with Gasteiger partial charge in [-0.3, -0.25) is 0 Å². The van der Waals surface area contributed by atoms with Gasteiger partial charge in [0.05, 0.1) is 18.9 Å². The first-order chi connectivity index (χ1) is 11.8. The Bertz CT molecular complexity index is 597. The molecule has 0 aromatic carbocycles. The third kappa shape index (κ3) is 3.05. The molecular weight excluding hydrogens is 306 g/mol. The molecule has 0 spiro atoms. The molecule has 4 heterocycles. The quantitative estimate of drug-likeness (QED) is 0.766. The van der Waals surface area contributed by atoms with Crippen LogP contribution in [0.15, 0.2) is 6.33 Å². The van der Waals surface area contributed by atoms with Crippen molar-refractivity contribution in [2.45, 2.75) is 25.7 Å². The normalized spacial score (nSPS) is 21.6. The molecule has 3 aliphatic rings. The fraction of sp³-hybridized carbons (Fsp3) is 0.706. The Kier molecular flexibility index (Phi) is 4.51. The van der Waals surface area contributed by atoms with Crippen molar-refractivity contribution in [1.29, 1.82) is 0 Å². The monoisotopic (exact) mass is 331 g/mol. The van der Waals surface area contributed by atoms with Gasteiger partial charge in [-0.1, -0.05) is 0 Å². The smallest absolute Gasteiger partial charge is 0.320 e. The first-order valence-electron chi connectivity index (χ1n) is 9.02. The van der Waals surface area contributed by atoms with Gasteiger partial charge in [0.2, 0.25) is 0 Å². The maximum atomic E-state index is 12.7. The summed E-state index contributed by atoms with van der Waals surface area (Å²) >= 11 is 0. The minimum atomic E-state index is 0.196. The fourth-order valence-corrected chi connectivity index (χ4v) is 3.86. The van der Waals surface area contributed by atoms with E-state index in [1.165, 1.54) is 5.56 Å². The summed E-state index contributed by atoms with van der Waals surface area (Å²) in [7, 11) is 0. The minimum Gasteiger partial charge on any atom is -0.378 e. The largest absolute Gasteiger partial charge is 0.378 e. The lowest BCUT2D eigenvalue weighted by atomic mass is 10.1. The van der Waals surface area contributed by atoms with Crippen molar-refractivity contribution in [1.82, 2.24) is 19.8 Å². The van der Waals surface area contributed by atoms with Gasteiger partial charge in [0, 0.05) is 51.3 Å². The summed E-state index contributed by atoms with van der Waals surface area (Å²) in [6.45, 7) is 6.56. The molecule has 7 heteroatoms. The zero-order valence-corrected chi connectivity index (χ0v) is 14.1. The second-order valence-corrected chi connectivity index (χ2v) is 6.69. The molecule has 0 saturated carbocycles. The Morgan fingerprint density at radius 2 is 1.62 bits per heavy atom. The lowest BCUT2D eigenvalue weighted by molar-refractivity contribution is 0.122. The number of ether oxygens (including phenoxy) is 1. The summed E-state index contributed by atoms with van der Waals surface area (Å²) in [6.07, 6.45) is 5.58. The third-order valence-electron chi connectivity index (χ3n) is 5.22. The summed E-state index contributed by atoms with van der Waals surface area (Å²) in [5, 5.41) is 0. The number of urea groups is 1. The molecule has 1 aromatic heterocycles. The second-order valence-electron chi connectivity index (χ2n) is 6.69. The highest BCUT2D eigenvalue weighted by atomic mass is 16.5. The summed E-state index contributed by atoms with van der Waals surface area (Å²) in [4.78, 5) is 28.0. The molecule has 0 aliphatic carbocycles. The summed E-state index contributed by atoms with van der Waals surface area (Å²) in [5.41, 5.74) is 2.32. The first kappa shape index (κ1) is 15.6. The highest BCUT2D eigenvalue weighted by Crippen LogP contribution is 2.25. The Morgan fingerprint density at radius 1 is 0.917 bits per heavy atom. The molecule has 4 rings (SSSR count). The molecule has 2 fully saturated rings. The maximum Gasteiger partial charge on any atom is 0.320 e. The van der Waals surface area contributed by atoms with E-state index in [2.05, 4.69) is 14.9 Å². The van der Waals surface area contributed by atoms with Crippen molar-refractivity contribution in [3.63, 3.8) is 0 Å². The molecular formula is C17H25N5O2. The van der Waals surface area contributed by atoms with Crippen molar-refractivity contribution >= 4 is 11.8 Å². The van der Waals surface area contributed by atoms with Crippen LogP contribution in [0.2, 0.25) is 0 Å². The molecule has 0 unspecified atom stereocenters. The van der Waals surface area contributed by atoms with Crippen LogP contribution >= 0.6 is 0 Å². The van der Waals surface area contributed by atoms with Crippen LogP contribution in [0.5, 0.6) is 0 Å². The van der Waals surface area contributed by atoms with Crippen molar-refractivity contribution in [2.75, 3.05) is 57.4 Å². The van der Waals surface area contributed by atoms with Crippen LogP contribution < -0.4 is 4.90 Å². The lowest BCUT2D eigenvalue weighted by Crippen LogP contribution is -2.43. The zero-order chi connectivity index (χ0) is 16.4. The minimum absolute atomic E-state index is 0.196. The van der Waals surface area contributed by atoms with E-state index in [1.54, 1.807) is 6.33 Å². The number of likely N-dealkylation sites (tertiary alicyclic amines) is 1. The number of carbonyl (C=O) groups is 1. The molecule has 1 aromatic rings. The Balaban J connectivity index is 1.51. The molecule has 2 saturated heterocycles. The zero-order valence-electron chi connectivity index (χ0n) is 14.1. The first-order valence-corrected chi connectivity index (χ1v) is 9.02. The van der Waals surface area contributed by atoms with Crippen LogP contribution in [0.4, 0.5) is 10.6 Å². The van der Waals surface area contributed by atoms with E-state index in [0.717, 1.165) is 89.7 Å². The van der Waals surface area contributed by atoms with E-state index in [0.29, 0.717) is 0 Å². The molecule has 130 valence electrons. The number of aromatic nitrogens is 2. The number of amides is 2. The number of rotatable bonds is 1. The van der Waals surface area contributed by atoms with Crippen LogP contribution in [-0.2, 0) is 17.6 Å². The number of carbonyl (C=O) groups excluding carboxylic acids is 1. The average Bonchev–Trinajstić information content (AvgIpc) is 3.08. The molecule has 0 N–H and O–H groups in total. The van der Waals surface area contributed by atoms with E-state index < -0.39 is 0 Å². The number of fused-ring (bicyclic) bond motifs is 1. The highest BCUT2D eigenvalue weighted by molar-refractivity contribution is 5.75. The van der Waals surface area contributed by atoms with E-state index in [1.807, 2.05) is 9.80 Å². The number of morpholine rings is 1. The van der Waals surface area contributed by atoms with Gasteiger partial charge in [0.15, 0.2) is 0 Å². The number of hydrogen-bond donors (Lipinski definition) is 0. The van der Waals surface area contributed by atoms with Gasteiger partial charge in [-0.25, -0.2) is 14.8 Å². The molecule has 2 amide bonds. The van der Waals surface area contributed by atoms with E-state index in [9.17, 15) is 4.79 Å². The lowest BCUT2D eigenvalue weighted by Gasteiger charge is -2.29. The van der Waals surface area contributed by atoms with Gasteiger partial charge < -0.3 is 19.4 Å². The maximum absolute atomic E-state index is 12.7. The van der Waals surface area contributed by atoms with Crippen LogP contribution in [-0.4, -0.2) is 78.3 Å². The molecule has 3 aliphatic heterocycles. The van der Waals surface area contributed by atoms with Crippen LogP contribution in [0.25, 0.3) is 0 Å². The second kappa shape index (κ2) is 6.93. The summed E-state index contributed by atoms with van der Waals surface area (Å²) in [6, 6.07) is 0.196. The number of anilines is 1. The van der Waals surface area contributed by atoms with Gasteiger partial charge in [-0.2, -0.15) is 0 Å². The van der Waals surface area contributed by atoms with Gasteiger partial charge >= 0.3 is 6.03 Å². The van der Waals surface area contributed by atoms with E-state index in [-0.39, 0.29) is 6.03 Å². The Morgan fingerprint density at radius 3 is 2.42 bits per heavy atom. The van der Waals surface area contributed by atoms with Crippen molar-refractivity contribution < 1.29 is 9.53 Å². The molecule has 7 nitrogen and oxygen atoms in total. The number of nitrogens with zero attached hydrogens (tertiary/aromatic N) is 5. The SMILES string of the molecule is O=C(N1CCCC1)N1CCc2ncnc(N3CCOCC3)c2CC1. The van der Waals surface area contributed by atoms with Crippen LogP contribution in [0, 0.1) is 0 Å². The van der Waals surface area contributed by atoms with Crippen LogP contribution in [0.1, 0.15) is 24.1 Å². The average molecular weight is 331 g/mol. The van der Waals surface area contributed by atoms with Gasteiger partial charge in [0.25, 0.3) is 0 Å². The third-order valence-corrected chi connectivity index (χ3v) is 5.22. The van der Waals surface area contributed by atoms with Gasteiger partial charge in [-0.05, 0) is 19.3 Å². The highest BCUT2D eigenvalue weighted by Gasteiger charge is 2.27. The molecule has 0 bridgehead atoms. The van der Waals surface area contributed by atoms with Crippen molar-refractivity contribution in [3.05, 3.63) is 17.6 Å². The van der Waals surface area contributed by atoms with Crippen molar-refractivity contribution in [2.24, 2.45) is 0 Å². The van der Waals surface area contributed by atoms with Crippen molar-refractivity contribution in [3.8, 4) is 0 Å². The standard InChI is InChI=1S/C17H25N5O2/c23-17(21-5-1-2-6-21)22-7-3-14-15(4-8-22)18-13-19-16(14)20-9-11-24-12-10-20/h13H,1-12H2. The van der Waals surface area contributed by atoms with Gasteiger partial charge in [0.1, 0.15) is 12.1 Å². The molecule has 24 heavy (non-hydrogen) atoms. The summed E-state index contributed by atoms with van der Waals surface area (Å²) < 4.78 is 5.45. The predicted octanol–water partition coefficient (Wildman–Crippen LogP) is 0.930. The Labute approximate surface area is 142 Å². The Hall–Kier alpha value is -1.89. The van der Waals surface area contributed by atoms with Crippen LogP contribution in [0.3, 0.4) is 0 Å². The summed E-state index contributed by atoms with van der Waals surface area (Å²) in [5.74, 6) is 1.04. The fourth-order valence-electron chi connectivity index (χ4n) is 3.86. The number of hydrogen-bond acceptors (Lipinski definition) is 5. The van der Waals surface area contributed by atoms with E-state index >= 15 is 0 Å². The van der Waals surface area contributed by atoms with E-state index in [4.69, 9.17) is 4.74 Å². The van der Waals surface area contributed by atoms with Gasteiger partial charge in [-0.15, -0.1) is 0 Å². The topological polar surface area (TPSA) is 61.8 Å². The molecule has 0 atom stereocenters. The predicted molar refractivity (Wildman–Crippen MR) is 90.2 cm³/mol.